The predicted molar refractivity (Wildman–Crippen MR) is 165 cm³/mol. The first-order chi connectivity index (χ1) is 19.3. The van der Waals surface area contributed by atoms with Gasteiger partial charge in [-0.2, -0.15) is 4.31 Å². The van der Waals surface area contributed by atoms with Crippen molar-refractivity contribution in [1.82, 2.24) is 9.62 Å². The van der Waals surface area contributed by atoms with Crippen LogP contribution >= 0.6 is 23.2 Å². The molecule has 0 saturated heterocycles. The molecule has 3 aromatic carbocycles. The van der Waals surface area contributed by atoms with Gasteiger partial charge in [-0.3, -0.25) is 4.79 Å². The fraction of sp³-hybridized carbons (Fsp3) is 0.387. The highest BCUT2D eigenvalue weighted by Gasteiger charge is 2.30. The van der Waals surface area contributed by atoms with Crippen LogP contribution in [0, 0.1) is 0 Å². The largest absolute Gasteiger partial charge is 0.481 e. The molecule has 3 rings (SSSR count). The number of nitrogens with zero attached hydrogens (tertiary/aromatic N) is 1. The number of aliphatic hydroxyl groups is 1. The van der Waals surface area contributed by atoms with Gasteiger partial charge in [0.25, 0.3) is 0 Å². The minimum absolute atomic E-state index is 0.0394. The summed E-state index contributed by atoms with van der Waals surface area (Å²) < 4.78 is 28.6. The van der Waals surface area contributed by atoms with E-state index in [4.69, 9.17) is 28.3 Å². The maximum absolute atomic E-state index is 13.8. The lowest BCUT2D eigenvalue weighted by Crippen LogP contribution is -2.46. The highest BCUT2D eigenvalue weighted by atomic mass is 35.5. The van der Waals surface area contributed by atoms with Gasteiger partial charge in [-0.25, -0.2) is 8.42 Å². The first kappa shape index (κ1) is 33.0. The molecule has 3 N–H and O–H groups in total. The summed E-state index contributed by atoms with van der Waals surface area (Å²) in [5.41, 5.74) is 2.63. The Morgan fingerprint density at radius 1 is 1.00 bits per heavy atom. The third kappa shape index (κ3) is 9.81. The molecule has 222 valence electrons. The molecular weight excluding hydrogens is 583 g/mol. The van der Waals surface area contributed by atoms with E-state index < -0.39 is 22.1 Å². The van der Waals surface area contributed by atoms with Crippen molar-refractivity contribution < 1.29 is 23.4 Å². The number of benzene rings is 3. The van der Waals surface area contributed by atoms with Crippen molar-refractivity contribution in [3.05, 3.63) is 87.9 Å². The van der Waals surface area contributed by atoms with Gasteiger partial charge in [0.15, 0.2) is 0 Å². The van der Waals surface area contributed by atoms with Crippen molar-refractivity contribution in [1.29, 1.82) is 0 Å². The van der Waals surface area contributed by atoms with Crippen LogP contribution in [0.25, 0.3) is 11.1 Å². The van der Waals surface area contributed by atoms with Crippen molar-refractivity contribution in [2.45, 2.75) is 62.5 Å². The lowest BCUT2D eigenvalue weighted by atomic mass is 9.95. The van der Waals surface area contributed by atoms with Crippen molar-refractivity contribution in [2.24, 2.45) is 0 Å². The average molecular weight is 622 g/mol. The second-order valence-corrected chi connectivity index (χ2v) is 13.7. The summed E-state index contributed by atoms with van der Waals surface area (Å²) in [6, 6.07) is 20.1. The number of hydrogen-bond donors (Lipinski definition) is 3. The minimum atomic E-state index is -4.14. The Kier molecular flexibility index (Phi) is 11.8. The van der Waals surface area contributed by atoms with Crippen LogP contribution in [-0.2, 0) is 27.7 Å². The molecule has 0 saturated carbocycles. The number of rotatable bonds is 15. The minimum Gasteiger partial charge on any atom is -0.481 e. The Balaban J connectivity index is 1.70. The van der Waals surface area contributed by atoms with Crippen molar-refractivity contribution >= 4 is 39.2 Å². The van der Waals surface area contributed by atoms with Gasteiger partial charge < -0.3 is 15.5 Å². The fourth-order valence-corrected chi connectivity index (χ4v) is 6.89. The van der Waals surface area contributed by atoms with Crippen LogP contribution in [0.4, 0.5) is 0 Å². The van der Waals surface area contributed by atoms with Gasteiger partial charge in [-0.05, 0) is 68.4 Å². The summed E-state index contributed by atoms with van der Waals surface area (Å²) in [6.45, 7) is 4.20. The number of nitrogens with one attached hydrogen (secondary N) is 1. The second kappa shape index (κ2) is 14.6. The van der Waals surface area contributed by atoms with Crippen LogP contribution in [0.2, 0.25) is 10.0 Å². The molecular formula is C31H38Cl2N2O5S. The van der Waals surface area contributed by atoms with E-state index in [1.165, 1.54) is 24.7 Å². The predicted octanol–water partition coefficient (Wildman–Crippen LogP) is 6.05. The van der Waals surface area contributed by atoms with E-state index in [9.17, 15) is 18.3 Å². The number of carbonyl (C=O) groups is 1. The quantitative estimate of drug-likeness (QED) is 0.191. The number of likely N-dealkylation sites (N-methyl/N-ethyl adjacent to an activating group) is 1. The molecule has 7 nitrogen and oxygen atoms in total. The first-order valence-corrected chi connectivity index (χ1v) is 15.7. The van der Waals surface area contributed by atoms with Crippen LogP contribution in [0.15, 0.2) is 71.6 Å². The lowest BCUT2D eigenvalue weighted by Gasteiger charge is -2.29. The molecule has 0 aliphatic rings. The van der Waals surface area contributed by atoms with Crippen molar-refractivity contribution in [2.75, 3.05) is 20.1 Å². The standard InChI is InChI=1S/C31H38Cl2N2O5S/c1-31(2,16-8-12-22-9-5-4-6-10-22)34-20-26(36)21-35(3)41(39,40)30-27(18-25(32)19-28(30)33)24-13-7-11-23(17-24)14-15-29(37)38/h4-7,9-11,13,17-19,26,34,36H,8,12,14-16,20-21H2,1-3H3,(H,37,38). The summed E-state index contributed by atoms with van der Waals surface area (Å²) in [4.78, 5) is 10.9. The monoisotopic (exact) mass is 620 g/mol. The van der Waals surface area contributed by atoms with Gasteiger partial charge in [0.1, 0.15) is 4.90 Å². The molecule has 0 aliphatic heterocycles. The molecule has 0 amide bonds. The second-order valence-electron chi connectivity index (χ2n) is 10.9. The van der Waals surface area contributed by atoms with E-state index in [1.807, 2.05) is 18.2 Å². The summed E-state index contributed by atoms with van der Waals surface area (Å²) >= 11 is 12.7. The Morgan fingerprint density at radius 2 is 1.68 bits per heavy atom. The molecule has 3 aromatic rings. The molecule has 0 spiro atoms. The number of sulfonamides is 1. The highest BCUT2D eigenvalue weighted by Crippen LogP contribution is 2.38. The molecule has 0 bridgehead atoms. The van der Waals surface area contributed by atoms with Crippen molar-refractivity contribution in [3.8, 4) is 11.1 Å². The summed E-state index contributed by atoms with van der Waals surface area (Å²) in [5.74, 6) is -0.922. The number of aliphatic hydroxyl groups excluding tert-OH is 1. The van der Waals surface area contributed by atoms with Gasteiger partial charge in [0.05, 0.1) is 11.1 Å². The first-order valence-electron chi connectivity index (χ1n) is 13.5. The third-order valence-corrected chi connectivity index (χ3v) is 9.49. The normalized spacial score (nSPS) is 13.0. The van der Waals surface area contributed by atoms with E-state index >= 15 is 0 Å². The smallest absolute Gasteiger partial charge is 0.303 e. The van der Waals surface area contributed by atoms with Gasteiger partial charge in [0, 0.05) is 42.7 Å². The van der Waals surface area contributed by atoms with Gasteiger partial charge in [-0.15, -0.1) is 0 Å². The Hall–Kier alpha value is -2.46. The molecule has 41 heavy (non-hydrogen) atoms. The van der Waals surface area contributed by atoms with Gasteiger partial charge in [-0.1, -0.05) is 77.8 Å². The summed E-state index contributed by atoms with van der Waals surface area (Å²) in [5, 5.41) is 23.4. The van der Waals surface area contributed by atoms with Crippen LogP contribution < -0.4 is 5.32 Å². The number of carboxylic acid groups (broad SMARTS) is 1. The molecule has 0 radical (unpaired) electrons. The number of hydrogen-bond acceptors (Lipinski definition) is 5. The Labute approximate surface area is 253 Å². The third-order valence-electron chi connectivity index (χ3n) is 6.94. The van der Waals surface area contributed by atoms with E-state index in [0.717, 1.165) is 29.1 Å². The zero-order valence-corrected chi connectivity index (χ0v) is 25.9. The molecule has 0 heterocycles. The number of aryl methyl sites for hydroxylation is 2. The van der Waals surface area contributed by atoms with Gasteiger partial charge in [0.2, 0.25) is 10.0 Å². The zero-order valence-electron chi connectivity index (χ0n) is 23.6. The number of β-amino-alcohol motifs (C(OH)–C–C–N with tert-alkyl or cyclic N) is 1. The number of carboxylic acids is 1. The molecule has 0 fully saturated rings. The maximum atomic E-state index is 13.8. The van der Waals surface area contributed by atoms with Crippen LogP contribution in [0.1, 0.15) is 44.2 Å². The Morgan fingerprint density at radius 3 is 2.37 bits per heavy atom. The maximum Gasteiger partial charge on any atom is 0.303 e. The number of aliphatic carboxylic acids is 1. The van der Waals surface area contributed by atoms with E-state index in [2.05, 4.69) is 31.3 Å². The molecule has 1 unspecified atom stereocenters. The number of halogens is 2. The average Bonchev–Trinajstić information content (AvgIpc) is 2.91. The molecule has 0 aliphatic carbocycles. The SMILES string of the molecule is CN(CC(O)CNC(C)(C)CCCc1ccccc1)S(=O)(=O)c1c(Cl)cc(Cl)cc1-c1cccc(CCC(=O)O)c1. The Bertz CT molecular complexity index is 1430. The summed E-state index contributed by atoms with van der Waals surface area (Å²) in [6.07, 6.45) is 2.10. The molecule has 1 atom stereocenters. The molecule has 10 heteroatoms. The topological polar surface area (TPSA) is 107 Å². The molecule has 0 aromatic heterocycles. The van der Waals surface area contributed by atoms with E-state index in [0.29, 0.717) is 17.5 Å². The van der Waals surface area contributed by atoms with Crippen molar-refractivity contribution in [3.63, 3.8) is 0 Å². The summed E-state index contributed by atoms with van der Waals surface area (Å²) in [7, 11) is -2.73. The van der Waals surface area contributed by atoms with E-state index in [1.54, 1.807) is 24.3 Å². The van der Waals surface area contributed by atoms with E-state index in [-0.39, 0.29) is 40.0 Å². The van der Waals surface area contributed by atoms with Gasteiger partial charge >= 0.3 is 5.97 Å². The fourth-order valence-electron chi connectivity index (χ4n) is 4.66. The van der Waals surface area contributed by atoms with Crippen LogP contribution in [0.3, 0.4) is 0 Å². The van der Waals surface area contributed by atoms with Crippen LogP contribution in [0.5, 0.6) is 0 Å². The lowest BCUT2D eigenvalue weighted by molar-refractivity contribution is -0.136. The zero-order chi connectivity index (χ0) is 30.2. The van der Waals surface area contributed by atoms with Crippen LogP contribution in [-0.4, -0.2) is 60.7 Å². The highest BCUT2D eigenvalue weighted by molar-refractivity contribution is 7.89.